The van der Waals surface area contributed by atoms with E-state index >= 15 is 0 Å². The van der Waals surface area contributed by atoms with E-state index in [1.165, 1.54) is 128 Å². The van der Waals surface area contributed by atoms with Crippen molar-refractivity contribution < 1.29 is 15.0 Å². The van der Waals surface area contributed by atoms with E-state index < -0.39 is 5.97 Å². The Morgan fingerprint density at radius 1 is 0.516 bits per heavy atom. The van der Waals surface area contributed by atoms with Crippen molar-refractivity contribution in [1.82, 2.24) is 0 Å². The smallest absolute Gasteiger partial charge is 0.303 e. The Morgan fingerprint density at radius 3 is 1.13 bits per heavy atom. The molecule has 3 heteroatoms. The molecule has 0 aliphatic carbocycles. The number of aliphatic hydroxyl groups excluding tert-OH is 1. The van der Waals surface area contributed by atoms with Gasteiger partial charge in [0.2, 0.25) is 0 Å². The van der Waals surface area contributed by atoms with Gasteiger partial charge in [0.15, 0.2) is 0 Å². The van der Waals surface area contributed by atoms with Crippen molar-refractivity contribution in [2.45, 2.75) is 174 Å². The van der Waals surface area contributed by atoms with E-state index in [0.717, 1.165) is 25.7 Å². The Morgan fingerprint density at radius 2 is 0.806 bits per heavy atom. The molecule has 3 nitrogen and oxygen atoms in total. The molecule has 0 saturated carbocycles. The summed E-state index contributed by atoms with van der Waals surface area (Å²) in [5.41, 5.74) is 0. The third kappa shape index (κ3) is 27.4. The average Bonchev–Trinajstić information content (AvgIpc) is 2.75. The molecule has 0 radical (unpaired) electrons. The number of carboxylic acid groups (broad SMARTS) is 1. The second-order valence-corrected chi connectivity index (χ2v) is 9.80. The number of unbranched alkanes of at least 4 members (excludes halogenated alkanes) is 20. The normalized spacial score (nSPS) is 12.3. The number of rotatable bonds is 26. The molecule has 0 saturated heterocycles. The highest BCUT2D eigenvalue weighted by Crippen LogP contribution is 2.16. The van der Waals surface area contributed by atoms with Gasteiger partial charge in [-0.2, -0.15) is 0 Å². The molecule has 0 spiro atoms. The van der Waals surface area contributed by atoms with Crippen LogP contribution in [-0.4, -0.2) is 22.3 Å². The largest absolute Gasteiger partial charge is 0.481 e. The molecule has 186 valence electrons. The predicted octanol–water partition coefficient (Wildman–Crippen LogP) is 9.20. The second-order valence-electron chi connectivity index (χ2n) is 9.80. The molecule has 0 bridgehead atoms. The van der Waals surface area contributed by atoms with Crippen LogP contribution in [0.25, 0.3) is 0 Å². The lowest BCUT2D eigenvalue weighted by molar-refractivity contribution is -0.137. The monoisotopic (exact) mass is 440 g/mol. The Labute approximate surface area is 194 Å². The highest BCUT2D eigenvalue weighted by molar-refractivity contribution is 5.66. The van der Waals surface area contributed by atoms with Gasteiger partial charge in [0.25, 0.3) is 0 Å². The summed E-state index contributed by atoms with van der Waals surface area (Å²) in [6.07, 6.45) is 30.8. The standard InChI is InChI=1S/C28H56O3/c1-2-3-4-5-18-21-24-27(29)25-22-19-16-14-12-10-8-6-7-9-11-13-15-17-20-23-26-28(30)31/h27,29H,2-26H2,1H3,(H,30,31). The summed E-state index contributed by atoms with van der Waals surface area (Å²) in [5.74, 6) is -0.658. The van der Waals surface area contributed by atoms with Crippen LogP contribution in [-0.2, 0) is 4.79 Å². The molecule has 0 aromatic carbocycles. The summed E-state index contributed by atoms with van der Waals surface area (Å²) >= 11 is 0. The third-order valence-corrected chi connectivity index (χ3v) is 6.57. The Kier molecular flexibility index (Phi) is 25.2. The molecule has 31 heavy (non-hydrogen) atoms. The summed E-state index contributed by atoms with van der Waals surface area (Å²) in [7, 11) is 0. The van der Waals surface area contributed by atoms with Crippen LogP contribution in [0.3, 0.4) is 0 Å². The predicted molar refractivity (Wildman–Crippen MR) is 135 cm³/mol. The van der Waals surface area contributed by atoms with Crippen molar-refractivity contribution in [3.8, 4) is 0 Å². The molecular weight excluding hydrogens is 384 g/mol. The zero-order valence-electron chi connectivity index (χ0n) is 21.1. The van der Waals surface area contributed by atoms with E-state index in [1.54, 1.807) is 0 Å². The average molecular weight is 441 g/mol. The number of hydrogen-bond acceptors (Lipinski definition) is 2. The fourth-order valence-electron chi connectivity index (χ4n) is 4.44. The summed E-state index contributed by atoms with van der Waals surface area (Å²) in [4.78, 5) is 10.4. The molecule has 0 amide bonds. The van der Waals surface area contributed by atoms with E-state index in [-0.39, 0.29) is 6.10 Å². The van der Waals surface area contributed by atoms with Crippen LogP contribution in [0.4, 0.5) is 0 Å². The molecule has 0 aromatic rings. The first kappa shape index (κ1) is 30.4. The summed E-state index contributed by atoms with van der Waals surface area (Å²) in [6.45, 7) is 2.26. The lowest BCUT2D eigenvalue weighted by atomic mass is 10.0. The number of carbonyl (C=O) groups is 1. The van der Waals surface area contributed by atoms with Crippen molar-refractivity contribution >= 4 is 5.97 Å². The van der Waals surface area contributed by atoms with Gasteiger partial charge in [-0.25, -0.2) is 0 Å². The number of aliphatic hydroxyl groups is 1. The molecule has 0 aliphatic heterocycles. The molecule has 0 aliphatic rings. The van der Waals surface area contributed by atoms with Crippen LogP contribution < -0.4 is 0 Å². The molecule has 0 fully saturated rings. The number of aliphatic carboxylic acids is 1. The van der Waals surface area contributed by atoms with E-state index in [4.69, 9.17) is 5.11 Å². The lowest BCUT2D eigenvalue weighted by Gasteiger charge is -2.10. The van der Waals surface area contributed by atoms with Gasteiger partial charge >= 0.3 is 5.97 Å². The van der Waals surface area contributed by atoms with E-state index in [2.05, 4.69) is 6.92 Å². The molecular formula is C28H56O3. The topological polar surface area (TPSA) is 57.5 Å². The van der Waals surface area contributed by atoms with Gasteiger partial charge in [-0.1, -0.05) is 142 Å². The zero-order valence-corrected chi connectivity index (χ0v) is 21.1. The first-order valence-electron chi connectivity index (χ1n) is 14.1. The Bertz CT molecular complexity index is 356. The summed E-state index contributed by atoms with van der Waals surface area (Å²) in [6, 6.07) is 0. The molecule has 0 heterocycles. The molecule has 1 atom stereocenters. The van der Waals surface area contributed by atoms with Crippen molar-refractivity contribution in [1.29, 1.82) is 0 Å². The highest BCUT2D eigenvalue weighted by atomic mass is 16.4. The lowest BCUT2D eigenvalue weighted by Crippen LogP contribution is -2.05. The number of carboxylic acids is 1. The molecule has 0 aromatic heterocycles. The van der Waals surface area contributed by atoms with Crippen molar-refractivity contribution in [2.75, 3.05) is 0 Å². The van der Waals surface area contributed by atoms with Gasteiger partial charge in [0, 0.05) is 6.42 Å². The quantitative estimate of drug-likeness (QED) is 0.132. The van der Waals surface area contributed by atoms with Crippen LogP contribution >= 0.6 is 0 Å². The fourth-order valence-corrected chi connectivity index (χ4v) is 4.44. The first-order valence-corrected chi connectivity index (χ1v) is 14.1. The van der Waals surface area contributed by atoms with Gasteiger partial charge in [-0.05, 0) is 19.3 Å². The maximum Gasteiger partial charge on any atom is 0.303 e. The van der Waals surface area contributed by atoms with Crippen molar-refractivity contribution in [3.05, 3.63) is 0 Å². The third-order valence-electron chi connectivity index (χ3n) is 6.57. The zero-order chi connectivity index (χ0) is 22.8. The minimum Gasteiger partial charge on any atom is -0.481 e. The fraction of sp³-hybridized carbons (Fsp3) is 0.964. The van der Waals surface area contributed by atoms with E-state index in [0.29, 0.717) is 6.42 Å². The SMILES string of the molecule is CCCCCCCCC(O)CCCCCCCCCCCCCCCCCCC(=O)O. The van der Waals surface area contributed by atoms with Gasteiger partial charge in [0.1, 0.15) is 0 Å². The van der Waals surface area contributed by atoms with Crippen molar-refractivity contribution in [2.24, 2.45) is 0 Å². The summed E-state index contributed by atoms with van der Waals surface area (Å²) < 4.78 is 0. The maximum atomic E-state index is 10.4. The highest BCUT2D eigenvalue weighted by Gasteiger charge is 2.03. The van der Waals surface area contributed by atoms with Crippen LogP contribution in [0, 0.1) is 0 Å². The van der Waals surface area contributed by atoms with Gasteiger partial charge in [-0.15, -0.1) is 0 Å². The first-order chi connectivity index (χ1) is 15.2. The van der Waals surface area contributed by atoms with Crippen molar-refractivity contribution in [3.63, 3.8) is 0 Å². The van der Waals surface area contributed by atoms with E-state index in [1.807, 2.05) is 0 Å². The molecule has 2 N–H and O–H groups in total. The second kappa shape index (κ2) is 25.7. The van der Waals surface area contributed by atoms with Crippen LogP contribution in [0.1, 0.15) is 167 Å². The maximum absolute atomic E-state index is 10.4. The van der Waals surface area contributed by atoms with Gasteiger partial charge in [-0.3, -0.25) is 4.79 Å². The van der Waals surface area contributed by atoms with Gasteiger partial charge < -0.3 is 10.2 Å². The van der Waals surface area contributed by atoms with Gasteiger partial charge in [0.05, 0.1) is 6.10 Å². The molecule has 0 rings (SSSR count). The minimum absolute atomic E-state index is 0.0527. The Balaban J connectivity index is 3.11. The van der Waals surface area contributed by atoms with Crippen LogP contribution in [0.2, 0.25) is 0 Å². The Hall–Kier alpha value is -0.570. The molecule has 1 unspecified atom stereocenters. The van der Waals surface area contributed by atoms with E-state index in [9.17, 15) is 9.90 Å². The van der Waals surface area contributed by atoms with Crippen LogP contribution in [0.5, 0.6) is 0 Å². The summed E-state index contributed by atoms with van der Waals surface area (Å²) in [5, 5.41) is 18.7. The number of hydrogen-bond donors (Lipinski definition) is 2. The minimum atomic E-state index is -0.658. The van der Waals surface area contributed by atoms with Crippen LogP contribution in [0.15, 0.2) is 0 Å².